The van der Waals surface area contributed by atoms with Crippen molar-refractivity contribution in [2.45, 2.75) is 20.0 Å². The van der Waals surface area contributed by atoms with Gasteiger partial charge in [-0.15, -0.1) is 0 Å². The number of hydrogen-bond donors (Lipinski definition) is 1. The third-order valence-corrected chi connectivity index (χ3v) is 3.05. The quantitative estimate of drug-likeness (QED) is 0.912. The minimum Gasteiger partial charge on any atom is -0.329 e. The molecule has 0 bridgehead atoms. The van der Waals surface area contributed by atoms with Crippen molar-refractivity contribution in [1.29, 1.82) is 0 Å². The van der Waals surface area contributed by atoms with Gasteiger partial charge in [0, 0.05) is 29.0 Å². The summed E-state index contributed by atoms with van der Waals surface area (Å²) in [6.45, 7) is 4.48. The van der Waals surface area contributed by atoms with Gasteiger partial charge in [0.1, 0.15) is 5.82 Å². The minimum absolute atomic E-state index is 0.658. The van der Waals surface area contributed by atoms with Crippen LogP contribution in [0.25, 0.3) is 0 Å². The van der Waals surface area contributed by atoms with E-state index < -0.39 is 0 Å². The second kappa shape index (κ2) is 6.23. The van der Waals surface area contributed by atoms with Crippen molar-refractivity contribution in [2.75, 3.05) is 6.54 Å². The molecule has 1 aromatic carbocycles. The number of benzene rings is 1. The van der Waals surface area contributed by atoms with E-state index in [-0.39, 0.29) is 0 Å². The van der Waals surface area contributed by atoms with E-state index >= 15 is 0 Å². The molecular formula is C13H15Cl2N3. The summed E-state index contributed by atoms with van der Waals surface area (Å²) in [5, 5.41) is 4.58. The van der Waals surface area contributed by atoms with Crippen LogP contribution in [0.1, 0.15) is 18.3 Å². The van der Waals surface area contributed by atoms with E-state index in [1.165, 1.54) is 0 Å². The minimum atomic E-state index is 0.658. The lowest BCUT2D eigenvalue weighted by Gasteiger charge is -2.09. The summed E-state index contributed by atoms with van der Waals surface area (Å²) in [5.74, 6) is 1.01. The molecule has 0 aliphatic rings. The molecule has 3 nitrogen and oxygen atoms in total. The molecule has 96 valence electrons. The molecule has 0 fully saturated rings. The summed E-state index contributed by atoms with van der Waals surface area (Å²) in [4.78, 5) is 4.33. The van der Waals surface area contributed by atoms with Gasteiger partial charge in [0.05, 0.1) is 6.54 Å². The summed E-state index contributed by atoms with van der Waals surface area (Å²) in [7, 11) is 0. The predicted molar refractivity (Wildman–Crippen MR) is 75.2 cm³/mol. The first-order chi connectivity index (χ1) is 8.69. The number of nitrogens with one attached hydrogen (secondary N) is 1. The molecule has 1 N–H and O–H groups in total. The molecule has 0 unspecified atom stereocenters. The molecule has 0 spiro atoms. The van der Waals surface area contributed by atoms with Crippen molar-refractivity contribution in [3.05, 3.63) is 52.0 Å². The zero-order valence-electron chi connectivity index (χ0n) is 10.2. The molecule has 1 aromatic heterocycles. The van der Waals surface area contributed by atoms with E-state index in [1.54, 1.807) is 12.3 Å². The van der Waals surface area contributed by atoms with Crippen molar-refractivity contribution >= 4 is 23.2 Å². The Morgan fingerprint density at radius 2 is 1.94 bits per heavy atom. The highest BCUT2D eigenvalue weighted by atomic mass is 35.5. The van der Waals surface area contributed by atoms with Gasteiger partial charge < -0.3 is 9.88 Å². The first-order valence-corrected chi connectivity index (χ1v) is 6.60. The number of nitrogens with zero attached hydrogens (tertiary/aromatic N) is 2. The fourth-order valence-electron chi connectivity index (χ4n) is 1.79. The lowest BCUT2D eigenvalue weighted by atomic mass is 10.2. The Hall–Kier alpha value is -1.03. The van der Waals surface area contributed by atoms with E-state index in [4.69, 9.17) is 23.2 Å². The Morgan fingerprint density at radius 1 is 1.22 bits per heavy atom. The summed E-state index contributed by atoms with van der Waals surface area (Å²) < 4.78 is 2.09. The average Bonchev–Trinajstić information content (AvgIpc) is 2.72. The molecule has 0 saturated carbocycles. The van der Waals surface area contributed by atoms with Crippen molar-refractivity contribution in [3.63, 3.8) is 0 Å². The zero-order chi connectivity index (χ0) is 13.0. The second-order valence-corrected chi connectivity index (χ2v) is 4.90. The summed E-state index contributed by atoms with van der Waals surface area (Å²) in [5.41, 5.74) is 1.07. The van der Waals surface area contributed by atoms with Gasteiger partial charge in [0.2, 0.25) is 0 Å². The average molecular weight is 284 g/mol. The molecule has 0 saturated heterocycles. The Balaban J connectivity index is 2.15. The normalized spacial score (nSPS) is 10.8. The molecule has 0 aliphatic carbocycles. The van der Waals surface area contributed by atoms with Gasteiger partial charge in [-0.05, 0) is 30.3 Å². The van der Waals surface area contributed by atoms with E-state index in [1.807, 2.05) is 18.3 Å². The number of halogens is 2. The number of aromatic nitrogens is 2. The maximum Gasteiger partial charge on any atom is 0.122 e. The smallest absolute Gasteiger partial charge is 0.122 e. The monoisotopic (exact) mass is 283 g/mol. The van der Waals surface area contributed by atoms with Crippen LogP contribution in [0.2, 0.25) is 10.0 Å². The molecule has 18 heavy (non-hydrogen) atoms. The Morgan fingerprint density at radius 3 is 2.61 bits per heavy atom. The van der Waals surface area contributed by atoms with Crippen molar-refractivity contribution in [3.8, 4) is 0 Å². The van der Waals surface area contributed by atoms with Crippen LogP contribution in [0.5, 0.6) is 0 Å². The van der Waals surface area contributed by atoms with Crippen molar-refractivity contribution < 1.29 is 0 Å². The Bertz CT molecular complexity index is 502. The molecule has 5 heteroatoms. The highest BCUT2D eigenvalue weighted by Crippen LogP contribution is 2.20. The van der Waals surface area contributed by atoms with Gasteiger partial charge in [-0.2, -0.15) is 0 Å². The molecule has 0 radical (unpaired) electrons. The number of hydrogen-bond acceptors (Lipinski definition) is 2. The largest absolute Gasteiger partial charge is 0.329 e. The first kappa shape index (κ1) is 13.4. The SMILES string of the molecule is CCNCc1nccn1Cc1cc(Cl)cc(Cl)c1. The Labute approximate surface area is 117 Å². The van der Waals surface area contributed by atoms with Crippen molar-refractivity contribution in [1.82, 2.24) is 14.9 Å². The number of rotatable bonds is 5. The molecule has 0 atom stereocenters. The first-order valence-electron chi connectivity index (χ1n) is 5.84. The molecule has 2 aromatic rings. The summed E-state index contributed by atoms with van der Waals surface area (Å²) in [6.07, 6.45) is 3.76. The van der Waals surface area contributed by atoms with Crippen LogP contribution in [0.15, 0.2) is 30.6 Å². The van der Waals surface area contributed by atoms with Gasteiger partial charge in [0.15, 0.2) is 0 Å². The standard InChI is InChI=1S/C13H15Cl2N3/c1-2-16-8-13-17-3-4-18(13)9-10-5-11(14)7-12(15)6-10/h3-7,16H,2,8-9H2,1H3. The van der Waals surface area contributed by atoms with Gasteiger partial charge in [-0.3, -0.25) is 0 Å². The van der Waals surface area contributed by atoms with Gasteiger partial charge in [-0.1, -0.05) is 30.1 Å². The fraction of sp³-hybridized carbons (Fsp3) is 0.308. The Kier molecular flexibility index (Phi) is 4.64. The lowest BCUT2D eigenvalue weighted by Crippen LogP contribution is -2.16. The molecule has 0 aliphatic heterocycles. The van der Waals surface area contributed by atoms with Crippen LogP contribution < -0.4 is 5.32 Å². The van der Waals surface area contributed by atoms with Crippen LogP contribution >= 0.6 is 23.2 Å². The fourth-order valence-corrected chi connectivity index (χ4v) is 2.36. The lowest BCUT2D eigenvalue weighted by molar-refractivity contribution is 0.639. The summed E-state index contributed by atoms with van der Waals surface area (Å²) in [6, 6.07) is 5.58. The highest BCUT2D eigenvalue weighted by molar-refractivity contribution is 6.34. The maximum atomic E-state index is 5.99. The third kappa shape index (κ3) is 3.48. The van der Waals surface area contributed by atoms with E-state index in [2.05, 4.69) is 21.8 Å². The molecule has 0 amide bonds. The van der Waals surface area contributed by atoms with Crippen LogP contribution in [-0.4, -0.2) is 16.1 Å². The maximum absolute atomic E-state index is 5.99. The predicted octanol–water partition coefficient (Wildman–Crippen LogP) is 3.35. The second-order valence-electron chi connectivity index (χ2n) is 4.03. The number of imidazole rings is 1. The third-order valence-electron chi connectivity index (χ3n) is 2.61. The van der Waals surface area contributed by atoms with Crippen LogP contribution in [0.3, 0.4) is 0 Å². The van der Waals surface area contributed by atoms with E-state index in [0.717, 1.165) is 31.0 Å². The molecule has 1 heterocycles. The van der Waals surface area contributed by atoms with Crippen LogP contribution in [-0.2, 0) is 13.1 Å². The topological polar surface area (TPSA) is 29.9 Å². The van der Waals surface area contributed by atoms with Crippen molar-refractivity contribution in [2.24, 2.45) is 0 Å². The van der Waals surface area contributed by atoms with E-state index in [9.17, 15) is 0 Å². The molecular weight excluding hydrogens is 269 g/mol. The van der Waals surface area contributed by atoms with Gasteiger partial charge >= 0.3 is 0 Å². The highest BCUT2D eigenvalue weighted by Gasteiger charge is 2.04. The molecule has 2 rings (SSSR count). The summed E-state index contributed by atoms with van der Waals surface area (Å²) >= 11 is 12.0. The van der Waals surface area contributed by atoms with Gasteiger partial charge in [0.25, 0.3) is 0 Å². The van der Waals surface area contributed by atoms with E-state index in [0.29, 0.717) is 10.0 Å². The van der Waals surface area contributed by atoms with Crippen LogP contribution in [0, 0.1) is 0 Å². The van der Waals surface area contributed by atoms with Crippen LogP contribution in [0.4, 0.5) is 0 Å². The van der Waals surface area contributed by atoms with Gasteiger partial charge in [-0.25, -0.2) is 4.98 Å². The zero-order valence-corrected chi connectivity index (χ0v) is 11.7.